The molecule has 0 saturated heterocycles. The SMILES string of the molecule is O=C(O)CCCCCOc1nc(-c2ccccc2)cc(-c2ccccc2)n1. The van der Waals surface area contributed by atoms with Crippen LogP contribution >= 0.6 is 0 Å². The lowest BCUT2D eigenvalue weighted by Gasteiger charge is -2.10. The molecule has 0 aliphatic heterocycles. The van der Waals surface area contributed by atoms with Gasteiger partial charge in [0.25, 0.3) is 0 Å². The molecule has 0 aliphatic rings. The molecule has 138 valence electrons. The standard InChI is InChI=1S/C22H22N2O3/c25-21(26)14-8-3-9-15-27-22-23-19(17-10-4-1-5-11-17)16-20(24-22)18-12-6-2-7-13-18/h1-2,4-7,10-13,16H,3,8-9,14-15H2,(H,25,26). The highest BCUT2D eigenvalue weighted by molar-refractivity contribution is 5.68. The van der Waals surface area contributed by atoms with E-state index in [-0.39, 0.29) is 6.42 Å². The molecule has 3 rings (SSSR count). The molecule has 1 aromatic heterocycles. The topological polar surface area (TPSA) is 72.3 Å². The summed E-state index contributed by atoms with van der Waals surface area (Å²) < 4.78 is 5.77. The quantitative estimate of drug-likeness (QED) is 0.552. The van der Waals surface area contributed by atoms with E-state index < -0.39 is 5.97 Å². The van der Waals surface area contributed by atoms with Gasteiger partial charge in [0.05, 0.1) is 18.0 Å². The van der Waals surface area contributed by atoms with Crippen LogP contribution in [0.15, 0.2) is 66.7 Å². The van der Waals surface area contributed by atoms with Gasteiger partial charge in [-0.3, -0.25) is 4.79 Å². The molecule has 1 N–H and O–H groups in total. The third-order valence-electron chi connectivity index (χ3n) is 4.11. The zero-order valence-corrected chi connectivity index (χ0v) is 15.0. The number of unbranched alkanes of at least 4 members (excludes halogenated alkanes) is 2. The highest BCUT2D eigenvalue weighted by Gasteiger charge is 2.09. The largest absolute Gasteiger partial charge is 0.481 e. The zero-order valence-electron chi connectivity index (χ0n) is 15.0. The Bertz CT molecular complexity index is 809. The number of aromatic nitrogens is 2. The van der Waals surface area contributed by atoms with Gasteiger partial charge < -0.3 is 9.84 Å². The Morgan fingerprint density at radius 2 is 1.37 bits per heavy atom. The van der Waals surface area contributed by atoms with Gasteiger partial charge in [-0.2, -0.15) is 9.97 Å². The third kappa shape index (κ3) is 5.64. The second-order valence-electron chi connectivity index (χ2n) is 6.21. The molecule has 0 amide bonds. The fourth-order valence-corrected chi connectivity index (χ4v) is 2.72. The van der Waals surface area contributed by atoms with E-state index in [0.717, 1.165) is 35.4 Å². The normalized spacial score (nSPS) is 10.5. The molecule has 0 saturated carbocycles. The van der Waals surface area contributed by atoms with Crippen molar-refractivity contribution in [2.75, 3.05) is 6.61 Å². The van der Waals surface area contributed by atoms with Crippen LogP contribution in [0.2, 0.25) is 0 Å². The van der Waals surface area contributed by atoms with Crippen LogP contribution in [0, 0.1) is 0 Å². The Hall–Kier alpha value is -3.21. The average Bonchev–Trinajstić information content (AvgIpc) is 2.71. The summed E-state index contributed by atoms with van der Waals surface area (Å²) >= 11 is 0. The maximum absolute atomic E-state index is 10.5. The van der Waals surface area contributed by atoms with Crippen LogP contribution < -0.4 is 4.74 Å². The molecule has 5 heteroatoms. The first-order valence-electron chi connectivity index (χ1n) is 9.07. The molecule has 27 heavy (non-hydrogen) atoms. The molecule has 0 spiro atoms. The van der Waals surface area contributed by atoms with Gasteiger partial charge in [-0.25, -0.2) is 0 Å². The predicted molar refractivity (Wildman–Crippen MR) is 105 cm³/mol. The number of aliphatic carboxylic acids is 1. The maximum atomic E-state index is 10.5. The minimum absolute atomic E-state index is 0.193. The number of rotatable bonds is 9. The van der Waals surface area contributed by atoms with Crippen LogP contribution in [-0.4, -0.2) is 27.7 Å². The van der Waals surface area contributed by atoms with E-state index in [1.165, 1.54) is 0 Å². The third-order valence-corrected chi connectivity index (χ3v) is 4.11. The minimum atomic E-state index is -0.762. The Balaban J connectivity index is 1.75. The van der Waals surface area contributed by atoms with Crippen molar-refractivity contribution in [3.05, 3.63) is 66.7 Å². The van der Waals surface area contributed by atoms with E-state index >= 15 is 0 Å². The lowest BCUT2D eigenvalue weighted by atomic mass is 10.1. The minimum Gasteiger partial charge on any atom is -0.481 e. The Labute approximate surface area is 158 Å². The molecule has 0 radical (unpaired) electrons. The number of carboxylic acids is 1. The van der Waals surface area contributed by atoms with Crippen LogP contribution in [0.1, 0.15) is 25.7 Å². The van der Waals surface area contributed by atoms with Gasteiger partial charge in [0, 0.05) is 17.5 Å². The van der Waals surface area contributed by atoms with Crippen LogP contribution in [0.5, 0.6) is 6.01 Å². The molecule has 5 nitrogen and oxygen atoms in total. The van der Waals surface area contributed by atoms with E-state index in [2.05, 4.69) is 9.97 Å². The molecule has 3 aromatic rings. The van der Waals surface area contributed by atoms with Gasteiger partial charge in [-0.15, -0.1) is 0 Å². The van der Waals surface area contributed by atoms with Crippen LogP contribution in [0.4, 0.5) is 0 Å². The summed E-state index contributed by atoms with van der Waals surface area (Å²) in [6.07, 6.45) is 2.42. The molecule has 0 unspecified atom stereocenters. The highest BCUT2D eigenvalue weighted by atomic mass is 16.5. The first kappa shape index (κ1) is 18.6. The number of carboxylic acid groups (broad SMARTS) is 1. The average molecular weight is 362 g/mol. The second-order valence-corrected chi connectivity index (χ2v) is 6.21. The zero-order chi connectivity index (χ0) is 18.9. The second kappa shape index (κ2) is 9.48. The van der Waals surface area contributed by atoms with E-state index in [1.807, 2.05) is 66.7 Å². The fourth-order valence-electron chi connectivity index (χ4n) is 2.72. The summed E-state index contributed by atoms with van der Waals surface area (Å²) in [5.41, 5.74) is 3.63. The summed E-state index contributed by atoms with van der Waals surface area (Å²) in [6.45, 7) is 0.464. The van der Waals surface area contributed by atoms with Gasteiger partial charge in [0.15, 0.2) is 0 Å². The first-order chi connectivity index (χ1) is 13.2. The molecular formula is C22H22N2O3. The van der Waals surface area contributed by atoms with Crippen molar-refractivity contribution in [2.45, 2.75) is 25.7 Å². The lowest BCUT2D eigenvalue weighted by Crippen LogP contribution is -2.03. The summed E-state index contributed by atoms with van der Waals surface area (Å²) in [4.78, 5) is 19.6. The summed E-state index contributed by atoms with van der Waals surface area (Å²) in [5.74, 6) is -0.762. The van der Waals surface area contributed by atoms with Crippen molar-refractivity contribution in [2.24, 2.45) is 0 Å². The summed E-state index contributed by atoms with van der Waals surface area (Å²) in [6, 6.07) is 22.2. The van der Waals surface area contributed by atoms with Gasteiger partial charge in [0.1, 0.15) is 0 Å². The van der Waals surface area contributed by atoms with Crippen molar-refractivity contribution in [1.29, 1.82) is 0 Å². The van der Waals surface area contributed by atoms with E-state index in [4.69, 9.17) is 9.84 Å². The molecular weight excluding hydrogens is 340 g/mol. The number of hydrogen-bond acceptors (Lipinski definition) is 4. The Kier molecular flexibility index (Phi) is 6.52. The number of benzene rings is 2. The van der Waals surface area contributed by atoms with Crippen molar-refractivity contribution in [3.63, 3.8) is 0 Å². The molecule has 0 bridgehead atoms. The number of nitrogens with zero attached hydrogens (tertiary/aromatic N) is 2. The molecule has 2 aromatic carbocycles. The number of carbonyl (C=O) groups is 1. The van der Waals surface area contributed by atoms with Crippen molar-refractivity contribution in [3.8, 4) is 28.5 Å². The van der Waals surface area contributed by atoms with Crippen LogP contribution in [0.3, 0.4) is 0 Å². The molecule has 0 atom stereocenters. The van der Waals surface area contributed by atoms with Crippen molar-refractivity contribution in [1.82, 2.24) is 9.97 Å². The molecule has 1 heterocycles. The van der Waals surface area contributed by atoms with Gasteiger partial charge in [-0.1, -0.05) is 60.7 Å². The van der Waals surface area contributed by atoms with Gasteiger partial charge in [-0.05, 0) is 25.3 Å². The van der Waals surface area contributed by atoms with Crippen molar-refractivity contribution >= 4 is 5.97 Å². The van der Waals surface area contributed by atoms with E-state index in [0.29, 0.717) is 19.0 Å². The van der Waals surface area contributed by atoms with Crippen LogP contribution in [-0.2, 0) is 4.79 Å². The van der Waals surface area contributed by atoms with E-state index in [9.17, 15) is 4.79 Å². The molecule has 0 fully saturated rings. The summed E-state index contributed by atoms with van der Waals surface area (Å²) in [5, 5.41) is 8.67. The Morgan fingerprint density at radius 1 is 0.815 bits per heavy atom. The molecule has 0 aliphatic carbocycles. The van der Waals surface area contributed by atoms with Crippen LogP contribution in [0.25, 0.3) is 22.5 Å². The van der Waals surface area contributed by atoms with Gasteiger partial charge >= 0.3 is 12.0 Å². The lowest BCUT2D eigenvalue weighted by molar-refractivity contribution is -0.137. The van der Waals surface area contributed by atoms with Crippen molar-refractivity contribution < 1.29 is 14.6 Å². The smallest absolute Gasteiger partial charge is 0.317 e. The highest BCUT2D eigenvalue weighted by Crippen LogP contribution is 2.25. The first-order valence-corrected chi connectivity index (χ1v) is 9.07. The number of hydrogen-bond donors (Lipinski definition) is 1. The van der Waals surface area contributed by atoms with Gasteiger partial charge in [0.2, 0.25) is 0 Å². The monoisotopic (exact) mass is 362 g/mol. The maximum Gasteiger partial charge on any atom is 0.317 e. The summed E-state index contributed by atoms with van der Waals surface area (Å²) in [7, 11) is 0. The predicted octanol–water partition coefficient (Wildman–Crippen LogP) is 4.83. The fraction of sp³-hybridized carbons (Fsp3) is 0.227. The Morgan fingerprint density at radius 3 is 1.89 bits per heavy atom. The van der Waals surface area contributed by atoms with E-state index in [1.54, 1.807) is 0 Å². The number of ether oxygens (including phenoxy) is 1.